The van der Waals surface area contributed by atoms with E-state index in [2.05, 4.69) is 10.1 Å². The predicted molar refractivity (Wildman–Crippen MR) is 87.4 cm³/mol. The van der Waals surface area contributed by atoms with Crippen molar-refractivity contribution in [1.29, 1.82) is 0 Å². The van der Waals surface area contributed by atoms with Crippen LogP contribution in [0.15, 0.2) is 29.4 Å². The van der Waals surface area contributed by atoms with E-state index in [4.69, 9.17) is 10.5 Å². The molecular formula is C15H20N4O2S. The minimum absolute atomic E-state index is 0.137. The highest BCUT2D eigenvalue weighted by Gasteiger charge is 2.06. The average molecular weight is 320 g/mol. The van der Waals surface area contributed by atoms with Crippen LogP contribution in [0.4, 0.5) is 5.95 Å². The largest absolute Gasteiger partial charge is 0.494 e. The maximum atomic E-state index is 11.5. The number of carbonyl (C=O) groups excluding carboxylic acids is 1. The molecule has 0 aliphatic heterocycles. The van der Waals surface area contributed by atoms with Gasteiger partial charge in [-0.3, -0.25) is 4.79 Å². The SMILES string of the molecule is CCC(=O)c1ccc(OCCCn2nc(SC)nc2N)cc1. The molecule has 2 aromatic rings. The number of hydrogen-bond donors (Lipinski definition) is 1. The summed E-state index contributed by atoms with van der Waals surface area (Å²) in [4.78, 5) is 15.7. The number of ketones is 1. The monoisotopic (exact) mass is 320 g/mol. The molecule has 1 aromatic heterocycles. The van der Waals surface area contributed by atoms with Gasteiger partial charge in [0.05, 0.1) is 6.61 Å². The molecule has 0 radical (unpaired) electrons. The van der Waals surface area contributed by atoms with Crippen molar-refractivity contribution < 1.29 is 9.53 Å². The van der Waals surface area contributed by atoms with Gasteiger partial charge in [0.1, 0.15) is 5.75 Å². The molecule has 22 heavy (non-hydrogen) atoms. The first-order valence-electron chi connectivity index (χ1n) is 7.14. The zero-order valence-corrected chi connectivity index (χ0v) is 13.6. The number of anilines is 1. The Labute approximate surface area is 134 Å². The fraction of sp³-hybridized carbons (Fsp3) is 0.400. The van der Waals surface area contributed by atoms with Crippen molar-refractivity contribution in [3.63, 3.8) is 0 Å². The zero-order valence-electron chi connectivity index (χ0n) is 12.8. The molecule has 2 N–H and O–H groups in total. The lowest BCUT2D eigenvalue weighted by atomic mass is 10.1. The third-order valence-corrected chi connectivity index (χ3v) is 3.68. The van der Waals surface area contributed by atoms with Gasteiger partial charge in [-0.2, -0.15) is 4.98 Å². The summed E-state index contributed by atoms with van der Waals surface area (Å²) in [5.41, 5.74) is 6.49. The second-order valence-corrected chi connectivity index (χ2v) is 5.46. The number of Topliss-reactive ketones (excluding diaryl/α,β-unsaturated/α-hetero) is 1. The van der Waals surface area contributed by atoms with Crippen LogP contribution >= 0.6 is 11.8 Å². The second kappa shape index (κ2) is 7.84. The summed E-state index contributed by atoms with van der Waals surface area (Å²) in [6.07, 6.45) is 3.20. The van der Waals surface area contributed by atoms with Crippen molar-refractivity contribution >= 4 is 23.5 Å². The van der Waals surface area contributed by atoms with Gasteiger partial charge in [0.2, 0.25) is 11.1 Å². The number of ether oxygens (including phenoxy) is 1. The number of rotatable bonds is 8. The first kappa shape index (κ1) is 16.4. The van der Waals surface area contributed by atoms with Crippen LogP contribution in [0.1, 0.15) is 30.1 Å². The molecule has 0 spiro atoms. The van der Waals surface area contributed by atoms with Crippen molar-refractivity contribution in [2.45, 2.75) is 31.5 Å². The van der Waals surface area contributed by atoms with E-state index < -0.39 is 0 Å². The summed E-state index contributed by atoms with van der Waals surface area (Å²) in [7, 11) is 0. The Kier molecular flexibility index (Phi) is 5.83. The number of carbonyl (C=O) groups is 1. The number of hydrogen-bond acceptors (Lipinski definition) is 6. The number of nitrogens with two attached hydrogens (primary N) is 1. The summed E-state index contributed by atoms with van der Waals surface area (Å²) >= 11 is 1.46. The first-order chi connectivity index (χ1) is 10.6. The van der Waals surface area contributed by atoms with E-state index in [1.165, 1.54) is 11.8 Å². The van der Waals surface area contributed by atoms with E-state index >= 15 is 0 Å². The van der Waals surface area contributed by atoms with Gasteiger partial charge in [-0.05, 0) is 30.5 Å². The average Bonchev–Trinajstić information content (AvgIpc) is 2.91. The van der Waals surface area contributed by atoms with E-state index in [0.717, 1.165) is 17.7 Å². The molecule has 0 atom stereocenters. The first-order valence-corrected chi connectivity index (χ1v) is 8.37. The Hall–Kier alpha value is -2.02. The molecule has 0 amide bonds. The highest BCUT2D eigenvalue weighted by Crippen LogP contribution is 2.14. The van der Waals surface area contributed by atoms with Gasteiger partial charge in [-0.25, -0.2) is 4.68 Å². The van der Waals surface area contributed by atoms with Gasteiger partial charge in [0, 0.05) is 24.9 Å². The molecule has 0 bridgehead atoms. The predicted octanol–water partition coefficient (Wildman–Crippen LogP) is 2.64. The highest BCUT2D eigenvalue weighted by atomic mass is 32.2. The molecule has 0 saturated carbocycles. The topological polar surface area (TPSA) is 83.0 Å². The maximum absolute atomic E-state index is 11.5. The molecule has 7 heteroatoms. The third-order valence-electron chi connectivity index (χ3n) is 3.14. The van der Waals surface area contributed by atoms with Crippen molar-refractivity contribution in [3.8, 4) is 5.75 Å². The third kappa shape index (κ3) is 4.24. The molecule has 6 nitrogen and oxygen atoms in total. The number of thioether (sulfide) groups is 1. The Morgan fingerprint density at radius 3 is 2.68 bits per heavy atom. The van der Waals surface area contributed by atoms with E-state index in [1.54, 1.807) is 16.8 Å². The van der Waals surface area contributed by atoms with Gasteiger partial charge in [-0.15, -0.1) is 5.10 Å². The van der Waals surface area contributed by atoms with E-state index in [-0.39, 0.29) is 5.78 Å². The molecule has 0 saturated heterocycles. The quantitative estimate of drug-likeness (QED) is 0.457. The fourth-order valence-corrected chi connectivity index (χ4v) is 2.29. The molecule has 1 aromatic carbocycles. The lowest BCUT2D eigenvalue weighted by Crippen LogP contribution is -2.08. The second-order valence-electron chi connectivity index (χ2n) is 4.68. The van der Waals surface area contributed by atoms with Crippen LogP contribution in [0.3, 0.4) is 0 Å². The Bertz CT molecular complexity index is 625. The molecule has 118 valence electrons. The lowest BCUT2D eigenvalue weighted by Gasteiger charge is -2.07. The van der Waals surface area contributed by atoms with Crippen LogP contribution in [0.2, 0.25) is 0 Å². The maximum Gasteiger partial charge on any atom is 0.219 e. The van der Waals surface area contributed by atoms with Gasteiger partial charge < -0.3 is 10.5 Å². The Morgan fingerprint density at radius 1 is 1.36 bits per heavy atom. The molecule has 2 rings (SSSR count). The number of nitrogens with zero attached hydrogens (tertiary/aromatic N) is 3. The molecule has 1 heterocycles. The van der Waals surface area contributed by atoms with E-state index in [0.29, 0.717) is 30.7 Å². The van der Waals surface area contributed by atoms with Gasteiger partial charge in [0.15, 0.2) is 5.78 Å². The van der Waals surface area contributed by atoms with E-state index in [9.17, 15) is 4.79 Å². The fourth-order valence-electron chi connectivity index (χ4n) is 1.93. The Balaban J connectivity index is 1.78. The summed E-state index contributed by atoms with van der Waals surface area (Å²) in [6.45, 7) is 3.06. The van der Waals surface area contributed by atoms with Gasteiger partial charge in [-0.1, -0.05) is 18.7 Å². The summed E-state index contributed by atoms with van der Waals surface area (Å²) in [6, 6.07) is 7.22. The standard InChI is InChI=1S/C15H20N4O2S/c1-3-13(20)11-5-7-12(8-6-11)21-10-4-9-19-14(16)17-15(18-19)22-2/h5-8H,3-4,9-10H2,1-2H3,(H2,16,17,18). The van der Waals surface area contributed by atoms with Crippen molar-refractivity contribution in [3.05, 3.63) is 29.8 Å². The summed E-state index contributed by atoms with van der Waals surface area (Å²) in [5.74, 6) is 1.31. The number of benzene rings is 1. The number of aromatic nitrogens is 3. The minimum Gasteiger partial charge on any atom is -0.494 e. The van der Waals surface area contributed by atoms with Crippen LogP contribution in [-0.2, 0) is 6.54 Å². The summed E-state index contributed by atoms with van der Waals surface area (Å²) in [5, 5.41) is 4.94. The number of nitrogen functional groups attached to an aromatic ring is 1. The van der Waals surface area contributed by atoms with Crippen LogP contribution < -0.4 is 10.5 Å². The van der Waals surface area contributed by atoms with Crippen LogP contribution in [-0.4, -0.2) is 33.4 Å². The van der Waals surface area contributed by atoms with Gasteiger partial charge in [0.25, 0.3) is 0 Å². The molecule has 0 unspecified atom stereocenters. The summed E-state index contributed by atoms with van der Waals surface area (Å²) < 4.78 is 7.33. The highest BCUT2D eigenvalue weighted by molar-refractivity contribution is 7.98. The molecular weight excluding hydrogens is 300 g/mol. The van der Waals surface area contributed by atoms with E-state index in [1.807, 2.05) is 25.3 Å². The van der Waals surface area contributed by atoms with Gasteiger partial charge >= 0.3 is 0 Å². The van der Waals surface area contributed by atoms with Crippen molar-refractivity contribution in [2.75, 3.05) is 18.6 Å². The molecule has 0 fully saturated rings. The smallest absolute Gasteiger partial charge is 0.219 e. The minimum atomic E-state index is 0.137. The van der Waals surface area contributed by atoms with Crippen molar-refractivity contribution in [2.24, 2.45) is 0 Å². The normalized spacial score (nSPS) is 10.6. The Morgan fingerprint density at radius 2 is 2.09 bits per heavy atom. The van der Waals surface area contributed by atoms with Crippen molar-refractivity contribution in [1.82, 2.24) is 14.8 Å². The molecule has 0 aliphatic rings. The van der Waals surface area contributed by atoms with Crippen LogP contribution in [0.25, 0.3) is 0 Å². The van der Waals surface area contributed by atoms with Crippen LogP contribution in [0.5, 0.6) is 5.75 Å². The molecule has 0 aliphatic carbocycles. The number of aryl methyl sites for hydroxylation is 1. The lowest BCUT2D eigenvalue weighted by molar-refractivity contribution is 0.0988. The van der Waals surface area contributed by atoms with Crippen LogP contribution in [0, 0.1) is 0 Å². The zero-order chi connectivity index (χ0) is 15.9.